The molecule has 24 nitrogen and oxygen atoms in total. The molecule has 0 aromatic carbocycles. The zero-order valence-corrected chi connectivity index (χ0v) is 32.9. The number of aromatic nitrogens is 4. The first-order valence-electron chi connectivity index (χ1n) is 16.0. The summed E-state index contributed by atoms with van der Waals surface area (Å²) in [7, 11) is -16.4. The molecule has 0 bridgehead atoms. The summed E-state index contributed by atoms with van der Waals surface area (Å²) in [5.41, 5.74) is 2.31. The van der Waals surface area contributed by atoms with Crippen molar-refractivity contribution in [2.45, 2.75) is 77.1 Å². The number of rotatable bonds is 21. The maximum atomic E-state index is 12.7. The highest BCUT2D eigenvalue weighted by atomic mass is 32.2. The van der Waals surface area contributed by atoms with Crippen molar-refractivity contribution in [3.8, 4) is 0 Å². The van der Waals surface area contributed by atoms with Crippen LogP contribution in [-0.2, 0) is 56.4 Å². The summed E-state index contributed by atoms with van der Waals surface area (Å²) in [4.78, 5) is 87.2. The van der Waals surface area contributed by atoms with Gasteiger partial charge < -0.3 is 50.9 Å². The molecule has 7 atom stereocenters. The number of phosphoric ester groups is 3. The summed E-state index contributed by atoms with van der Waals surface area (Å²) in [5.74, 6) is -1.06. The van der Waals surface area contributed by atoms with Gasteiger partial charge in [0.2, 0.25) is 11.8 Å². The van der Waals surface area contributed by atoms with Crippen LogP contribution in [0.15, 0.2) is 12.7 Å². The van der Waals surface area contributed by atoms with Gasteiger partial charge in [-0.15, -0.1) is 0 Å². The number of nitrogens with one attached hydrogen (secondary N) is 2. The second kappa shape index (κ2) is 18.7. The van der Waals surface area contributed by atoms with Crippen molar-refractivity contribution in [3.63, 3.8) is 0 Å². The predicted octanol–water partition coefficient (Wildman–Crippen LogP) is -0.361. The maximum Gasteiger partial charge on any atom is 0.481 e. The van der Waals surface area contributed by atoms with E-state index in [-0.39, 0.29) is 41.6 Å². The number of aliphatic hydroxyl groups is 2. The highest BCUT2D eigenvalue weighted by Crippen LogP contribution is 2.61. The summed E-state index contributed by atoms with van der Waals surface area (Å²) in [6.07, 6.45) is -4.32. The van der Waals surface area contributed by atoms with Gasteiger partial charge in [-0.1, -0.05) is 32.5 Å². The molecule has 1 fully saturated rings. The number of ether oxygens (including phenoxy) is 1. The normalized spacial score (nSPS) is 23.4. The minimum Gasteiger partial charge on any atom is -0.385 e. The number of nitrogens with zero attached hydrogens (tertiary/aromatic N) is 4. The quantitative estimate of drug-likeness (QED) is 0.0572. The van der Waals surface area contributed by atoms with Crippen LogP contribution in [0.2, 0.25) is 0 Å². The van der Waals surface area contributed by atoms with Crippen LogP contribution in [0.25, 0.3) is 11.2 Å². The van der Waals surface area contributed by atoms with Crippen molar-refractivity contribution in [1.82, 2.24) is 30.2 Å². The van der Waals surface area contributed by atoms with E-state index in [0.717, 1.165) is 35.4 Å². The Labute approximate surface area is 312 Å². The van der Waals surface area contributed by atoms with E-state index in [9.17, 15) is 57.9 Å². The van der Waals surface area contributed by atoms with Crippen LogP contribution < -0.4 is 16.4 Å². The van der Waals surface area contributed by atoms with Crippen LogP contribution in [0.4, 0.5) is 5.82 Å². The molecule has 0 saturated carbocycles. The van der Waals surface area contributed by atoms with Crippen molar-refractivity contribution in [1.29, 1.82) is 0 Å². The van der Waals surface area contributed by atoms with Crippen molar-refractivity contribution < 1.29 is 80.5 Å². The number of carbonyl (C=O) groups is 3. The van der Waals surface area contributed by atoms with Gasteiger partial charge in [0.25, 0.3) is 0 Å². The number of hydrogen-bond acceptors (Lipinski definition) is 18. The van der Waals surface area contributed by atoms with Crippen LogP contribution in [0.1, 0.15) is 47.0 Å². The summed E-state index contributed by atoms with van der Waals surface area (Å²) in [6, 6.07) is 0. The smallest absolute Gasteiger partial charge is 0.385 e. The number of carbonyl (C=O) groups excluding carboxylic acids is 3. The van der Waals surface area contributed by atoms with E-state index in [1.807, 2.05) is 6.92 Å². The summed E-state index contributed by atoms with van der Waals surface area (Å²) >= 11 is 1.09. The molecule has 0 spiro atoms. The summed E-state index contributed by atoms with van der Waals surface area (Å²) < 4.78 is 62.5. The molecule has 1 aliphatic rings. The standard InChI is InChI=1S/C26H44N7O17P3S/c1-5-6-17(35)54-10-9-28-16(34)7-8-29-24(38)21(37)25(2,3)12-47-53(44,45)50-52(42,43)46-11-15-19(49-51(39,40)41)20(36)26(4,48-15)33-14-32-18-22(27)30-13-31-23(18)33/h13-15,19-21,36-37H,5-12H2,1-4H3,(H,28,34)(H,29,38)(H,42,43)(H,44,45)(H2,27,30,31)(H2,39,40,41). The minimum absolute atomic E-state index is 0.0122. The Morgan fingerprint density at radius 3 is 2.39 bits per heavy atom. The molecule has 306 valence electrons. The number of anilines is 1. The minimum atomic E-state index is -5.58. The molecule has 2 aromatic rings. The highest BCUT2D eigenvalue weighted by molar-refractivity contribution is 8.13. The average molecular weight is 852 g/mol. The number of nitrogens with two attached hydrogens (primary N) is 1. The van der Waals surface area contributed by atoms with E-state index < -0.39 is 84.1 Å². The molecule has 54 heavy (non-hydrogen) atoms. The Morgan fingerprint density at radius 2 is 1.74 bits per heavy atom. The van der Waals surface area contributed by atoms with Crippen molar-refractivity contribution >= 4 is 69.1 Å². The second-order valence-corrected chi connectivity index (χ2v) is 18.0. The number of phosphoric acid groups is 3. The van der Waals surface area contributed by atoms with Crippen LogP contribution in [-0.4, -0.2) is 123 Å². The first-order chi connectivity index (χ1) is 24.9. The molecule has 1 aliphatic heterocycles. The molecule has 0 radical (unpaired) electrons. The van der Waals surface area contributed by atoms with Gasteiger partial charge in [-0.3, -0.25) is 32.5 Å². The molecule has 7 unspecified atom stereocenters. The largest absolute Gasteiger partial charge is 0.481 e. The Balaban J connectivity index is 1.55. The SMILES string of the molecule is CCCC(=O)SCCNC(=O)CCNC(=O)C(O)C(C)(C)COP(=O)(O)OP(=O)(O)OCC1OC(C)(n2cnc3c(N)ncnc32)C(O)C1OP(=O)(O)O. The van der Waals surface area contributed by atoms with Gasteiger partial charge in [-0.25, -0.2) is 28.6 Å². The Hall–Kier alpha value is -2.44. The zero-order valence-electron chi connectivity index (χ0n) is 29.4. The number of imidazole rings is 1. The highest BCUT2D eigenvalue weighted by Gasteiger charge is 2.57. The maximum absolute atomic E-state index is 12.7. The molecular weight excluding hydrogens is 807 g/mol. The van der Waals surface area contributed by atoms with Crippen LogP contribution in [0.3, 0.4) is 0 Å². The Bertz CT molecular complexity index is 1800. The fourth-order valence-corrected chi connectivity index (χ4v) is 8.48. The second-order valence-electron chi connectivity index (χ2n) is 12.6. The van der Waals surface area contributed by atoms with E-state index in [0.29, 0.717) is 12.2 Å². The zero-order chi connectivity index (χ0) is 40.7. The lowest BCUT2D eigenvalue weighted by molar-refractivity contribution is -0.137. The van der Waals surface area contributed by atoms with Crippen LogP contribution in [0, 0.1) is 5.41 Å². The van der Waals surface area contributed by atoms with Gasteiger partial charge in [-0.2, -0.15) is 4.31 Å². The number of nitrogen functional groups attached to an aromatic ring is 1. The fourth-order valence-electron chi connectivity index (χ4n) is 4.88. The van der Waals surface area contributed by atoms with Gasteiger partial charge in [0.15, 0.2) is 22.3 Å². The van der Waals surface area contributed by atoms with Gasteiger partial charge in [0.1, 0.15) is 36.3 Å². The molecule has 2 aromatic heterocycles. The van der Waals surface area contributed by atoms with E-state index in [4.69, 9.17) is 24.0 Å². The lowest BCUT2D eigenvalue weighted by atomic mass is 9.87. The third kappa shape index (κ3) is 12.8. The molecule has 1 saturated heterocycles. The molecular formula is C26H44N7O17P3S. The van der Waals surface area contributed by atoms with E-state index in [1.165, 1.54) is 20.8 Å². The van der Waals surface area contributed by atoms with E-state index in [1.54, 1.807) is 0 Å². The van der Waals surface area contributed by atoms with E-state index in [2.05, 4.69) is 29.9 Å². The van der Waals surface area contributed by atoms with Gasteiger partial charge in [0.05, 0.1) is 19.5 Å². The third-order valence-electron chi connectivity index (χ3n) is 7.70. The van der Waals surface area contributed by atoms with Gasteiger partial charge in [-0.05, 0) is 13.3 Å². The number of thioether (sulfide) groups is 1. The summed E-state index contributed by atoms with van der Waals surface area (Å²) in [6.45, 7) is 3.64. The third-order valence-corrected chi connectivity index (χ3v) is 11.7. The number of hydrogen-bond donors (Lipinski definition) is 9. The first-order valence-corrected chi connectivity index (χ1v) is 21.5. The Morgan fingerprint density at radius 1 is 1.07 bits per heavy atom. The number of fused-ring (bicyclic) bond motifs is 1. The molecule has 2 amide bonds. The topological polar surface area (TPSA) is 364 Å². The van der Waals surface area contributed by atoms with Gasteiger partial charge in [0, 0.05) is 37.1 Å². The number of aliphatic hydroxyl groups excluding tert-OH is 2. The van der Waals surface area contributed by atoms with Crippen LogP contribution >= 0.6 is 35.2 Å². The average Bonchev–Trinajstić information content (AvgIpc) is 3.60. The van der Waals surface area contributed by atoms with Crippen molar-refractivity contribution in [2.24, 2.45) is 5.41 Å². The lowest BCUT2D eigenvalue weighted by Crippen LogP contribution is -2.46. The molecule has 28 heteroatoms. The van der Waals surface area contributed by atoms with Gasteiger partial charge >= 0.3 is 23.5 Å². The van der Waals surface area contributed by atoms with Crippen molar-refractivity contribution in [3.05, 3.63) is 12.7 Å². The molecule has 0 aliphatic carbocycles. The molecule has 3 rings (SSSR count). The first kappa shape index (κ1) is 45.9. The Kier molecular flexibility index (Phi) is 15.9. The lowest BCUT2D eigenvalue weighted by Gasteiger charge is -2.30. The summed E-state index contributed by atoms with van der Waals surface area (Å²) in [5, 5.41) is 26.6. The van der Waals surface area contributed by atoms with Crippen molar-refractivity contribution in [2.75, 3.05) is 37.8 Å². The van der Waals surface area contributed by atoms with E-state index >= 15 is 0 Å². The number of amides is 2. The molecule has 10 N–H and O–H groups in total. The predicted molar refractivity (Wildman–Crippen MR) is 187 cm³/mol. The molecule has 3 heterocycles. The monoisotopic (exact) mass is 851 g/mol. The fraction of sp³-hybridized carbons (Fsp3) is 0.692. The van der Waals surface area contributed by atoms with Crippen LogP contribution in [0.5, 0.6) is 0 Å².